The van der Waals surface area contributed by atoms with Crippen LogP contribution in [0.4, 0.5) is 0 Å². The zero-order chi connectivity index (χ0) is 18.1. The first-order valence-electron chi connectivity index (χ1n) is 8.96. The van der Waals surface area contributed by atoms with Gasteiger partial charge in [-0.25, -0.2) is 0 Å². The Labute approximate surface area is 166 Å². The molecule has 0 fully saturated rings. The zero-order valence-corrected chi connectivity index (χ0v) is 16.3. The summed E-state index contributed by atoms with van der Waals surface area (Å²) in [6.07, 6.45) is 4.53. The van der Waals surface area contributed by atoms with Crippen LogP contribution in [0, 0.1) is 0 Å². The van der Waals surface area contributed by atoms with Crippen LogP contribution < -0.4 is 0 Å². The first kappa shape index (κ1) is 16.4. The quantitative estimate of drug-likeness (QED) is 0.168. The highest BCUT2D eigenvalue weighted by molar-refractivity contribution is 7.71. The van der Waals surface area contributed by atoms with E-state index in [4.69, 9.17) is 0 Å². The van der Waals surface area contributed by atoms with E-state index in [0.29, 0.717) is 0 Å². The Bertz CT molecular complexity index is 1210. The monoisotopic (exact) mass is 381 g/mol. The molecule has 0 N–H and O–H groups in total. The Morgan fingerprint density at radius 1 is 0.630 bits per heavy atom. The summed E-state index contributed by atoms with van der Waals surface area (Å²) in [7, 11) is 3.66. The lowest BCUT2D eigenvalue weighted by atomic mass is 9.96. The largest absolute Gasteiger partial charge is 0.301 e. The molecular formula is C25H17S2+. The highest BCUT2D eigenvalue weighted by Crippen LogP contribution is 2.34. The molecule has 27 heavy (non-hydrogen) atoms. The maximum Gasteiger partial charge on any atom is 0.301 e. The van der Waals surface area contributed by atoms with Crippen molar-refractivity contribution < 1.29 is 0 Å². The number of hydrogen-bond donors (Lipinski definition) is 0. The molecule has 1 heterocycles. The van der Waals surface area contributed by atoms with Crippen LogP contribution in [0.1, 0.15) is 10.4 Å². The van der Waals surface area contributed by atoms with Gasteiger partial charge in [-0.3, -0.25) is 0 Å². The van der Waals surface area contributed by atoms with Gasteiger partial charge in [-0.1, -0.05) is 72.8 Å². The molecule has 0 saturated heterocycles. The molecule has 0 spiro atoms. The Hall–Kier alpha value is -2.81. The van der Waals surface area contributed by atoms with Gasteiger partial charge in [0.05, 0.1) is 4.88 Å². The molecule has 0 aliphatic rings. The Morgan fingerprint density at radius 2 is 1.26 bits per heavy atom. The van der Waals surface area contributed by atoms with Gasteiger partial charge < -0.3 is 0 Å². The van der Waals surface area contributed by atoms with E-state index in [0.717, 1.165) is 0 Å². The normalized spacial score (nSPS) is 11.6. The molecule has 4 aromatic carbocycles. The molecule has 1 aromatic heterocycles. The van der Waals surface area contributed by atoms with Crippen molar-refractivity contribution in [2.24, 2.45) is 0 Å². The summed E-state index contributed by atoms with van der Waals surface area (Å²) in [5.41, 5.74) is 2.58. The van der Waals surface area contributed by atoms with E-state index in [-0.39, 0.29) is 0 Å². The van der Waals surface area contributed by atoms with Gasteiger partial charge in [-0.2, -0.15) is 0 Å². The minimum atomic E-state index is 1.29. The van der Waals surface area contributed by atoms with Crippen LogP contribution in [-0.2, 0) is 0 Å². The zero-order valence-electron chi connectivity index (χ0n) is 14.6. The molecular weight excluding hydrogens is 364 g/mol. The van der Waals surface area contributed by atoms with Gasteiger partial charge in [-0.15, -0.1) is 0 Å². The third-order valence-corrected chi connectivity index (χ3v) is 7.22. The number of rotatable bonds is 3. The van der Waals surface area contributed by atoms with E-state index in [1.54, 1.807) is 0 Å². The van der Waals surface area contributed by atoms with E-state index in [1.807, 2.05) is 20.7 Å². The average molecular weight is 382 g/mol. The van der Waals surface area contributed by atoms with Crippen LogP contribution in [0.15, 0.2) is 91.0 Å². The molecule has 0 bridgehead atoms. The molecule has 128 valence electrons. The predicted molar refractivity (Wildman–Crippen MR) is 122 cm³/mol. The van der Waals surface area contributed by atoms with Crippen molar-refractivity contribution in [1.82, 2.24) is 0 Å². The van der Waals surface area contributed by atoms with Crippen LogP contribution in [0.3, 0.4) is 0 Å². The maximum atomic E-state index is 2.29. The standard InChI is InChI=1S/C25H17S2/c1-2-8-18(9-3-1)25-17-21(26-27-25)14-15-24-22-12-6-4-10-19(22)16-20-11-5-7-13-23(20)24/h1-17H/q+1/b15-14+. The number of benzene rings is 4. The molecule has 0 amide bonds. The Kier molecular flexibility index (Phi) is 4.29. The van der Waals surface area contributed by atoms with Crippen LogP contribution in [-0.4, -0.2) is 0 Å². The minimum absolute atomic E-state index is 1.29. The molecule has 0 aliphatic heterocycles. The van der Waals surface area contributed by atoms with E-state index in [9.17, 15) is 0 Å². The average Bonchev–Trinajstić information content (AvgIpc) is 3.21. The summed E-state index contributed by atoms with van der Waals surface area (Å²) in [6.45, 7) is 0. The van der Waals surface area contributed by atoms with Gasteiger partial charge in [0, 0.05) is 11.6 Å². The van der Waals surface area contributed by atoms with Crippen molar-refractivity contribution in [2.45, 2.75) is 0 Å². The van der Waals surface area contributed by atoms with E-state index < -0.39 is 0 Å². The Balaban J connectivity index is 1.61. The Morgan fingerprint density at radius 3 is 1.96 bits per heavy atom. The van der Waals surface area contributed by atoms with Crippen LogP contribution in [0.2, 0.25) is 0 Å². The van der Waals surface area contributed by atoms with Crippen molar-refractivity contribution in [2.75, 3.05) is 0 Å². The molecule has 0 aliphatic carbocycles. The molecule has 5 aromatic rings. The minimum Gasteiger partial charge on any atom is -0.0622 e. The van der Waals surface area contributed by atoms with Gasteiger partial charge in [0.15, 0.2) is 10.3 Å². The lowest BCUT2D eigenvalue weighted by Crippen LogP contribution is -1.83. The number of fused-ring (bicyclic) bond motifs is 2. The van der Waals surface area contributed by atoms with Crippen LogP contribution in [0.5, 0.6) is 0 Å². The summed E-state index contributed by atoms with van der Waals surface area (Å²) in [6, 6.07) is 32.4. The van der Waals surface area contributed by atoms with Gasteiger partial charge in [0.1, 0.15) is 0 Å². The van der Waals surface area contributed by atoms with Crippen molar-refractivity contribution in [3.05, 3.63) is 101 Å². The van der Waals surface area contributed by atoms with Crippen molar-refractivity contribution in [3.8, 4) is 10.4 Å². The molecule has 0 nitrogen and oxygen atoms in total. The van der Waals surface area contributed by atoms with Crippen molar-refractivity contribution in [3.63, 3.8) is 0 Å². The van der Waals surface area contributed by atoms with Gasteiger partial charge >= 0.3 is 10.3 Å². The van der Waals surface area contributed by atoms with Crippen LogP contribution in [0.25, 0.3) is 44.1 Å². The first-order valence-corrected chi connectivity index (χ1v) is 11.1. The first-order chi connectivity index (χ1) is 13.4. The second-order valence-corrected chi connectivity index (χ2v) is 8.75. The summed E-state index contributed by atoms with van der Waals surface area (Å²) in [4.78, 5) is 2.61. The van der Waals surface area contributed by atoms with Gasteiger partial charge in [0.2, 0.25) is 0 Å². The third kappa shape index (κ3) is 3.18. The number of hydrogen-bond acceptors (Lipinski definition) is 1. The molecule has 0 radical (unpaired) electrons. The summed E-state index contributed by atoms with van der Waals surface area (Å²) in [5, 5.41) is 5.18. The SMILES string of the molecule is C(=C\c1c2ccccc2cc2ccccc12)/c1cc(-c2ccccc2)[s+]s1. The summed E-state index contributed by atoms with van der Waals surface area (Å²) < 4.78 is 0. The molecule has 0 saturated carbocycles. The fraction of sp³-hybridized carbons (Fsp3) is 0. The predicted octanol–water partition coefficient (Wildman–Crippen LogP) is 8.23. The second kappa shape index (κ2) is 7.07. The lowest BCUT2D eigenvalue weighted by Gasteiger charge is -2.08. The second-order valence-electron chi connectivity index (χ2n) is 6.51. The van der Waals surface area contributed by atoms with E-state index in [2.05, 4.69) is 103 Å². The third-order valence-electron chi connectivity index (χ3n) is 4.79. The fourth-order valence-electron chi connectivity index (χ4n) is 3.47. The topological polar surface area (TPSA) is 0 Å². The highest BCUT2D eigenvalue weighted by atomic mass is 32.9. The smallest absolute Gasteiger partial charge is 0.0622 e. The van der Waals surface area contributed by atoms with E-state index >= 15 is 0 Å². The molecule has 2 heteroatoms. The van der Waals surface area contributed by atoms with Crippen molar-refractivity contribution in [1.29, 1.82) is 0 Å². The van der Waals surface area contributed by atoms with Crippen molar-refractivity contribution >= 4 is 54.4 Å². The molecule has 5 rings (SSSR count). The fourth-order valence-corrected chi connectivity index (χ4v) is 5.73. The highest BCUT2D eigenvalue weighted by Gasteiger charge is 2.14. The lowest BCUT2D eigenvalue weighted by molar-refractivity contribution is 1.70. The molecule has 0 atom stereocenters. The summed E-state index contributed by atoms with van der Waals surface area (Å²) >= 11 is 0. The van der Waals surface area contributed by atoms with Gasteiger partial charge in [0.25, 0.3) is 4.88 Å². The summed E-state index contributed by atoms with van der Waals surface area (Å²) in [5.74, 6) is 0. The maximum absolute atomic E-state index is 2.29. The van der Waals surface area contributed by atoms with E-state index in [1.165, 1.54) is 42.4 Å². The van der Waals surface area contributed by atoms with Gasteiger partial charge in [-0.05, 0) is 51.4 Å². The molecule has 0 unspecified atom stereocenters. The van der Waals surface area contributed by atoms with Crippen LogP contribution >= 0.6 is 20.7 Å².